The van der Waals surface area contributed by atoms with Crippen LogP contribution in [0.1, 0.15) is 38.5 Å². The van der Waals surface area contributed by atoms with Crippen molar-refractivity contribution in [3.63, 3.8) is 0 Å². The molecule has 0 radical (unpaired) electrons. The summed E-state index contributed by atoms with van der Waals surface area (Å²) in [5.74, 6) is 0.579. The fourth-order valence-electron chi connectivity index (χ4n) is 2.81. The van der Waals surface area contributed by atoms with Gasteiger partial charge in [-0.2, -0.15) is 0 Å². The van der Waals surface area contributed by atoms with Gasteiger partial charge in [0.05, 0.1) is 0 Å². The highest BCUT2D eigenvalue weighted by Crippen LogP contribution is 2.39. The zero-order valence-electron chi connectivity index (χ0n) is 7.68. The minimum atomic E-state index is 0.392. The van der Waals surface area contributed by atoms with Gasteiger partial charge in [0.1, 0.15) is 0 Å². The first kappa shape index (κ1) is 8.52. The molecule has 2 atom stereocenters. The molecular weight excluding hydrogens is 150 g/mol. The molecule has 1 aliphatic heterocycles. The van der Waals surface area contributed by atoms with Gasteiger partial charge in [0, 0.05) is 12.1 Å². The van der Waals surface area contributed by atoms with Crippen molar-refractivity contribution in [2.45, 2.75) is 44.1 Å². The molecule has 1 spiro atoms. The van der Waals surface area contributed by atoms with Gasteiger partial charge in [0.15, 0.2) is 0 Å². The Bertz CT molecular complexity index is 152. The maximum absolute atomic E-state index is 9.05. The van der Waals surface area contributed by atoms with Gasteiger partial charge < -0.3 is 10.4 Å². The van der Waals surface area contributed by atoms with Crippen LogP contribution in [0.25, 0.3) is 0 Å². The van der Waals surface area contributed by atoms with Gasteiger partial charge in [0.2, 0.25) is 0 Å². The summed E-state index contributed by atoms with van der Waals surface area (Å²) in [6.45, 7) is 1.58. The molecule has 2 rings (SSSR count). The van der Waals surface area contributed by atoms with E-state index in [4.69, 9.17) is 5.11 Å². The quantitative estimate of drug-likeness (QED) is 0.620. The third-order valence-electron chi connectivity index (χ3n) is 3.55. The lowest BCUT2D eigenvalue weighted by atomic mass is 9.87. The van der Waals surface area contributed by atoms with E-state index in [0.29, 0.717) is 18.1 Å². The second kappa shape index (κ2) is 3.35. The van der Waals surface area contributed by atoms with Crippen LogP contribution in [0, 0.1) is 5.92 Å². The molecule has 0 aromatic heterocycles. The number of hydrogen-bond acceptors (Lipinski definition) is 2. The van der Waals surface area contributed by atoms with Crippen molar-refractivity contribution in [2.24, 2.45) is 5.92 Å². The molecule has 0 aromatic rings. The predicted molar refractivity (Wildman–Crippen MR) is 49.0 cm³/mol. The average molecular weight is 169 g/mol. The second-order valence-electron chi connectivity index (χ2n) is 4.46. The molecule has 0 bridgehead atoms. The lowest BCUT2D eigenvalue weighted by Crippen LogP contribution is -2.46. The molecule has 12 heavy (non-hydrogen) atoms. The van der Waals surface area contributed by atoms with Crippen molar-refractivity contribution in [1.82, 2.24) is 5.32 Å². The van der Waals surface area contributed by atoms with E-state index in [0.717, 1.165) is 0 Å². The van der Waals surface area contributed by atoms with Crippen LogP contribution in [0.15, 0.2) is 0 Å². The molecule has 0 aromatic carbocycles. The Balaban J connectivity index is 1.94. The van der Waals surface area contributed by atoms with Crippen LogP contribution in [0.4, 0.5) is 0 Å². The monoisotopic (exact) mass is 169 g/mol. The molecule has 70 valence electrons. The smallest absolute Gasteiger partial charge is 0.0459 e. The Morgan fingerprint density at radius 3 is 2.83 bits per heavy atom. The van der Waals surface area contributed by atoms with Gasteiger partial charge in [-0.05, 0) is 44.6 Å². The summed E-state index contributed by atoms with van der Waals surface area (Å²) in [5.41, 5.74) is 0.436. The summed E-state index contributed by atoms with van der Waals surface area (Å²) in [5, 5.41) is 12.7. The zero-order valence-corrected chi connectivity index (χ0v) is 7.68. The maximum Gasteiger partial charge on any atom is 0.0459 e. The van der Waals surface area contributed by atoms with Crippen LogP contribution in [-0.4, -0.2) is 23.8 Å². The van der Waals surface area contributed by atoms with E-state index in [-0.39, 0.29) is 0 Å². The molecule has 0 amide bonds. The molecule has 2 heteroatoms. The normalized spacial score (nSPS) is 42.2. The molecule has 2 aliphatic rings. The van der Waals surface area contributed by atoms with Gasteiger partial charge >= 0.3 is 0 Å². The third kappa shape index (κ3) is 1.50. The molecule has 2 nitrogen and oxygen atoms in total. The maximum atomic E-state index is 9.05. The highest BCUT2D eigenvalue weighted by molar-refractivity contribution is 4.97. The van der Waals surface area contributed by atoms with Crippen molar-refractivity contribution < 1.29 is 5.11 Å². The van der Waals surface area contributed by atoms with E-state index in [2.05, 4.69) is 5.32 Å². The average Bonchev–Trinajstić information content (AvgIpc) is 2.50. The highest BCUT2D eigenvalue weighted by atomic mass is 16.3. The second-order valence-corrected chi connectivity index (χ2v) is 4.46. The minimum absolute atomic E-state index is 0.392. The number of nitrogens with one attached hydrogen (secondary N) is 1. The fourth-order valence-corrected chi connectivity index (χ4v) is 2.81. The van der Waals surface area contributed by atoms with Crippen molar-refractivity contribution >= 4 is 0 Å². The van der Waals surface area contributed by atoms with Crippen molar-refractivity contribution in [3.8, 4) is 0 Å². The first-order valence-electron chi connectivity index (χ1n) is 5.21. The molecule has 1 heterocycles. The molecular formula is C10H19NO. The molecule has 1 saturated carbocycles. The standard InChI is InChI=1S/C10H19NO/c12-8-9-3-5-10(7-9)4-1-2-6-11-10/h9,11-12H,1-8H2. The number of aliphatic hydroxyl groups is 1. The Morgan fingerprint density at radius 2 is 2.25 bits per heavy atom. The molecule has 1 saturated heterocycles. The van der Waals surface area contributed by atoms with Crippen LogP contribution in [0.2, 0.25) is 0 Å². The van der Waals surface area contributed by atoms with E-state index in [1.54, 1.807) is 0 Å². The van der Waals surface area contributed by atoms with E-state index < -0.39 is 0 Å². The SMILES string of the molecule is OCC1CCC2(CCCCN2)C1. The van der Waals surface area contributed by atoms with Crippen molar-refractivity contribution in [1.29, 1.82) is 0 Å². The Labute approximate surface area is 74.4 Å². The van der Waals surface area contributed by atoms with Gasteiger partial charge in [-0.3, -0.25) is 0 Å². The summed E-state index contributed by atoms with van der Waals surface area (Å²) in [6, 6.07) is 0. The highest BCUT2D eigenvalue weighted by Gasteiger charge is 2.38. The molecule has 2 N–H and O–H groups in total. The molecule has 2 fully saturated rings. The van der Waals surface area contributed by atoms with Gasteiger partial charge in [-0.1, -0.05) is 6.42 Å². The Hall–Kier alpha value is -0.0800. The van der Waals surface area contributed by atoms with Crippen molar-refractivity contribution in [3.05, 3.63) is 0 Å². The summed E-state index contributed by atoms with van der Waals surface area (Å²) in [4.78, 5) is 0. The lowest BCUT2D eigenvalue weighted by molar-refractivity contribution is 0.203. The molecule has 1 aliphatic carbocycles. The van der Waals surface area contributed by atoms with Gasteiger partial charge in [-0.25, -0.2) is 0 Å². The fraction of sp³-hybridized carbons (Fsp3) is 1.00. The van der Waals surface area contributed by atoms with Crippen molar-refractivity contribution in [2.75, 3.05) is 13.2 Å². The zero-order chi connectivity index (χ0) is 8.44. The number of hydrogen-bond donors (Lipinski definition) is 2. The van der Waals surface area contributed by atoms with Crippen LogP contribution in [0.5, 0.6) is 0 Å². The van der Waals surface area contributed by atoms with E-state index >= 15 is 0 Å². The largest absolute Gasteiger partial charge is 0.396 e. The number of rotatable bonds is 1. The lowest BCUT2D eigenvalue weighted by Gasteiger charge is -2.35. The van der Waals surface area contributed by atoms with Gasteiger partial charge in [-0.15, -0.1) is 0 Å². The summed E-state index contributed by atoms with van der Waals surface area (Å²) >= 11 is 0. The van der Waals surface area contributed by atoms with Crippen LogP contribution in [0.3, 0.4) is 0 Å². The first-order valence-corrected chi connectivity index (χ1v) is 5.21. The van der Waals surface area contributed by atoms with Crippen LogP contribution in [-0.2, 0) is 0 Å². The third-order valence-corrected chi connectivity index (χ3v) is 3.55. The summed E-state index contributed by atoms with van der Waals surface area (Å²) in [7, 11) is 0. The molecule has 2 unspecified atom stereocenters. The number of aliphatic hydroxyl groups excluding tert-OH is 1. The van der Waals surface area contributed by atoms with Crippen LogP contribution >= 0.6 is 0 Å². The topological polar surface area (TPSA) is 32.3 Å². The number of piperidine rings is 1. The summed E-state index contributed by atoms with van der Waals surface area (Å²) < 4.78 is 0. The van der Waals surface area contributed by atoms with Crippen LogP contribution < -0.4 is 5.32 Å². The minimum Gasteiger partial charge on any atom is -0.396 e. The van der Waals surface area contributed by atoms with E-state index in [9.17, 15) is 0 Å². The van der Waals surface area contributed by atoms with E-state index in [1.165, 1.54) is 45.1 Å². The van der Waals surface area contributed by atoms with E-state index in [1.807, 2.05) is 0 Å². The summed E-state index contributed by atoms with van der Waals surface area (Å²) in [6.07, 6.45) is 7.78. The predicted octanol–water partition coefficient (Wildman–Crippen LogP) is 1.29. The van der Waals surface area contributed by atoms with Gasteiger partial charge in [0.25, 0.3) is 0 Å². The first-order chi connectivity index (χ1) is 5.85. The Kier molecular flexibility index (Phi) is 2.37. The Morgan fingerprint density at radius 1 is 1.33 bits per heavy atom.